The summed E-state index contributed by atoms with van der Waals surface area (Å²) in [5.41, 5.74) is 1.01. The molecule has 1 unspecified atom stereocenters. The molecule has 2 aromatic carbocycles. The van der Waals surface area contributed by atoms with Gasteiger partial charge in [0.05, 0.1) is 0 Å². The molecular weight excluding hydrogens is 302 g/mol. The molecule has 0 saturated heterocycles. The van der Waals surface area contributed by atoms with Crippen molar-refractivity contribution < 1.29 is 4.79 Å². The van der Waals surface area contributed by atoms with Crippen LogP contribution in [0.2, 0.25) is 0 Å². The summed E-state index contributed by atoms with van der Waals surface area (Å²) in [5, 5.41) is 2.71. The predicted octanol–water partition coefficient (Wildman–Crippen LogP) is 4.27. The number of amides is 1. The van der Waals surface area contributed by atoms with Crippen LogP contribution in [0, 0.1) is 0 Å². The predicted molar refractivity (Wildman–Crippen MR) is 89.8 cm³/mol. The van der Waals surface area contributed by atoms with Gasteiger partial charge < -0.3 is 5.32 Å². The minimum Gasteiger partial charge on any atom is -0.355 e. The van der Waals surface area contributed by atoms with Crippen molar-refractivity contribution >= 4 is 29.3 Å². The Morgan fingerprint density at radius 2 is 1.67 bits per heavy atom. The summed E-state index contributed by atoms with van der Waals surface area (Å²) >= 11 is 7.22. The molecule has 2 aromatic rings. The smallest absolute Gasteiger partial charge is 0.237 e. The van der Waals surface area contributed by atoms with Crippen molar-refractivity contribution in [3.8, 4) is 0 Å². The first kappa shape index (κ1) is 15.9. The van der Waals surface area contributed by atoms with E-state index < -0.39 is 0 Å². The third kappa shape index (κ3) is 5.10. The topological polar surface area (TPSA) is 29.1 Å². The van der Waals surface area contributed by atoms with Crippen LogP contribution < -0.4 is 5.32 Å². The summed E-state index contributed by atoms with van der Waals surface area (Å²) in [6.07, 6.45) is 0.783. The Hall–Kier alpha value is -1.45. The Balaban J connectivity index is 2.12. The maximum absolute atomic E-state index is 12.4. The SMILES string of the molecule is O=C(NCCCCl)C(Sc1ccccc1)c1ccccc1. The van der Waals surface area contributed by atoms with Crippen molar-refractivity contribution in [2.45, 2.75) is 16.6 Å². The molecule has 0 radical (unpaired) electrons. The van der Waals surface area contributed by atoms with Crippen LogP contribution in [0.5, 0.6) is 0 Å². The van der Waals surface area contributed by atoms with Gasteiger partial charge in [0, 0.05) is 17.3 Å². The number of carbonyl (C=O) groups is 1. The molecule has 1 N–H and O–H groups in total. The third-order valence-corrected chi connectivity index (χ3v) is 4.48. The molecule has 4 heteroatoms. The summed E-state index contributed by atoms with van der Waals surface area (Å²) in [6.45, 7) is 0.612. The second-order valence-electron chi connectivity index (χ2n) is 4.56. The van der Waals surface area contributed by atoms with Gasteiger partial charge in [-0.1, -0.05) is 48.5 Å². The lowest BCUT2D eigenvalue weighted by Crippen LogP contribution is -2.29. The highest BCUT2D eigenvalue weighted by Gasteiger charge is 2.21. The second kappa shape index (κ2) is 8.75. The van der Waals surface area contributed by atoms with Crippen LogP contribution in [0.3, 0.4) is 0 Å². The molecule has 1 atom stereocenters. The van der Waals surface area contributed by atoms with Gasteiger partial charge in [-0.15, -0.1) is 23.4 Å². The molecular formula is C17H18ClNOS. The van der Waals surface area contributed by atoms with Crippen LogP contribution in [0.4, 0.5) is 0 Å². The molecule has 2 nitrogen and oxygen atoms in total. The average molecular weight is 320 g/mol. The zero-order valence-electron chi connectivity index (χ0n) is 11.7. The van der Waals surface area contributed by atoms with E-state index >= 15 is 0 Å². The highest BCUT2D eigenvalue weighted by atomic mass is 35.5. The van der Waals surface area contributed by atoms with E-state index in [1.165, 1.54) is 0 Å². The number of hydrogen-bond donors (Lipinski definition) is 1. The van der Waals surface area contributed by atoms with Crippen molar-refractivity contribution in [3.63, 3.8) is 0 Å². The van der Waals surface area contributed by atoms with E-state index in [2.05, 4.69) is 5.32 Å². The largest absolute Gasteiger partial charge is 0.355 e. The lowest BCUT2D eigenvalue weighted by Gasteiger charge is -2.17. The fourth-order valence-corrected chi connectivity index (χ4v) is 3.11. The van der Waals surface area contributed by atoms with Gasteiger partial charge in [-0.05, 0) is 24.1 Å². The van der Waals surface area contributed by atoms with E-state index in [4.69, 9.17) is 11.6 Å². The van der Waals surface area contributed by atoms with E-state index in [-0.39, 0.29) is 11.2 Å². The number of nitrogens with one attached hydrogen (secondary N) is 1. The molecule has 0 aliphatic carbocycles. The molecule has 0 aliphatic heterocycles. The summed E-state index contributed by atoms with van der Waals surface area (Å²) in [4.78, 5) is 13.5. The molecule has 0 spiro atoms. The maximum Gasteiger partial charge on any atom is 0.237 e. The summed E-state index contributed by atoms with van der Waals surface area (Å²) in [6, 6.07) is 19.8. The number of carbonyl (C=O) groups excluding carboxylic acids is 1. The van der Waals surface area contributed by atoms with Crippen LogP contribution in [-0.4, -0.2) is 18.3 Å². The number of rotatable bonds is 7. The quantitative estimate of drug-likeness (QED) is 0.469. The lowest BCUT2D eigenvalue weighted by atomic mass is 10.1. The Morgan fingerprint density at radius 1 is 1.05 bits per heavy atom. The molecule has 110 valence electrons. The number of alkyl halides is 1. The number of hydrogen-bond acceptors (Lipinski definition) is 2. The zero-order valence-corrected chi connectivity index (χ0v) is 13.2. The molecule has 0 saturated carbocycles. The van der Waals surface area contributed by atoms with Gasteiger partial charge in [-0.25, -0.2) is 0 Å². The molecule has 0 fully saturated rings. The van der Waals surface area contributed by atoms with E-state index in [0.29, 0.717) is 12.4 Å². The standard InChI is InChI=1S/C17H18ClNOS/c18-12-7-13-19-17(20)16(14-8-3-1-4-9-14)21-15-10-5-2-6-11-15/h1-6,8-11,16H,7,12-13H2,(H,19,20). The minimum absolute atomic E-state index is 0.0279. The van der Waals surface area contributed by atoms with Crippen LogP contribution >= 0.6 is 23.4 Å². The number of halogens is 1. The Kier molecular flexibility index (Phi) is 6.64. The molecule has 21 heavy (non-hydrogen) atoms. The maximum atomic E-state index is 12.4. The van der Waals surface area contributed by atoms with Crippen LogP contribution in [-0.2, 0) is 4.79 Å². The second-order valence-corrected chi connectivity index (χ2v) is 6.11. The highest BCUT2D eigenvalue weighted by molar-refractivity contribution is 8.00. The van der Waals surface area contributed by atoms with Crippen molar-refractivity contribution in [2.24, 2.45) is 0 Å². The van der Waals surface area contributed by atoms with Gasteiger partial charge in [-0.2, -0.15) is 0 Å². The number of thioether (sulfide) groups is 1. The minimum atomic E-state index is -0.246. The van der Waals surface area contributed by atoms with Crippen molar-refractivity contribution in [2.75, 3.05) is 12.4 Å². The molecule has 0 heterocycles. The van der Waals surface area contributed by atoms with Crippen LogP contribution in [0.25, 0.3) is 0 Å². The first-order valence-corrected chi connectivity index (χ1v) is 8.33. The molecule has 1 amide bonds. The number of benzene rings is 2. The Morgan fingerprint density at radius 3 is 2.29 bits per heavy atom. The summed E-state index contributed by atoms with van der Waals surface area (Å²) in [7, 11) is 0. The highest BCUT2D eigenvalue weighted by Crippen LogP contribution is 2.35. The summed E-state index contributed by atoms with van der Waals surface area (Å²) < 4.78 is 0. The van der Waals surface area contributed by atoms with E-state index in [9.17, 15) is 4.79 Å². The van der Waals surface area contributed by atoms with Gasteiger partial charge in [0.15, 0.2) is 0 Å². The zero-order chi connectivity index (χ0) is 14.9. The Labute approximate surface area is 134 Å². The van der Waals surface area contributed by atoms with E-state index in [1.54, 1.807) is 11.8 Å². The fraction of sp³-hybridized carbons (Fsp3) is 0.235. The van der Waals surface area contributed by atoms with Crippen molar-refractivity contribution in [1.82, 2.24) is 5.32 Å². The first-order valence-electron chi connectivity index (χ1n) is 6.91. The van der Waals surface area contributed by atoms with Gasteiger partial charge in [0.1, 0.15) is 5.25 Å². The van der Waals surface area contributed by atoms with Crippen molar-refractivity contribution in [1.29, 1.82) is 0 Å². The fourth-order valence-electron chi connectivity index (χ4n) is 1.91. The van der Waals surface area contributed by atoms with Gasteiger partial charge in [-0.3, -0.25) is 4.79 Å². The van der Waals surface area contributed by atoms with Crippen LogP contribution in [0.15, 0.2) is 65.6 Å². The summed E-state index contributed by atoms with van der Waals surface area (Å²) in [5.74, 6) is 0.586. The van der Waals surface area contributed by atoms with Crippen molar-refractivity contribution in [3.05, 3.63) is 66.2 Å². The van der Waals surface area contributed by atoms with Gasteiger partial charge in [0.2, 0.25) is 5.91 Å². The Bertz CT molecular complexity index is 547. The van der Waals surface area contributed by atoms with Gasteiger partial charge >= 0.3 is 0 Å². The molecule has 2 rings (SSSR count). The normalized spacial score (nSPS) is 11.9. The van der Waals surface area contributed by atoms with E-state index in [1.807, 2.05) is 60.7 Å². The lowest BCUT2D eigenvalue weighted by molar-refractivity contribution is -0.120. The van der Waals surface area contributed by atoms with Gasteiger partial charge in [0.25, 0.3) is 0 Å². The first-order chi connectivity index (χ1) is 10.3. The monoisotopic (exact) mass is 319 g/mol. The average Bonchev–Trinajstić information content (AvgIpc) is 2.54. The third-order valence-electron chi connectivity index (χ3n) is 2.95. The van der Waals surface area contributed by atoms with E-state index in [0.717, 1.165) is 16.9 Å². The molecule has 0 bridgehead atoms. The van der Waals surface area contributed by atoms with Crippen LogP contribution in [0.1, 0.15) is 17.2 Å². The molecule has 0 aliphatic rings. The molecule has 0 aromatic heterocycles.